The summed E-state index contributed by atoms with van der Waals surface area (Å²) in [7, 11) is 1.52. The molecule has 0 amide bonds. The number of hydrogen-bond donors (Lipinski definition) is 0. The molecule has 3 aromatic rings. The molecule has 220 valence electrons. The molecule has 0 radical (unpaired) electrons. The Morgan fingerprint density at radius 2 is 1.37 bits per heavy atom. The van der Waals surface area contributed by atoms with Crippen LogP contribution < -0.4 is 4.74 Å². The van der Waals surface area contributed by atoms with Gasteiger partial charge in [0.1, 0.15) is 5.75 Å². The minimum Gasteiger partial charge on any atom is -0.496 e. The summed E-state index contributed by atoms with van der Waals surface area (Å²) in [6.07, 6.45) is -7.15. The van der Waals surface area contributed by atoms with Crippen LogP contribution in [-0.2, 0) is 37.3 Å². The number of hydrogen-bond acceptors (Lipinski definition) is 3. The number of methoxy groups -OCH3 is 1. The zero-order chi connectivity index (χ0) is 29.4. The van der Waals surface area contributed by atoms with Crippen LogP contribution in [0.4, 0.5) is 26.3 Å². The third-order valence-electron chi connectivity index (χ3n) is 8.72. The Kier molecular flexibility index (Phi) is 8.14. The smallest absolute Gasteiger partial charge is 0.416 e. The van der Waals surface area contributed by atoms with Gasteiger partial charge in [0.05, 0.1) is 23.8 Å². The van der Waals surface area contributed by atoms with Gasteiger partial charge in [-0.15, -0.1) is 0 Å². The molecular weight excluding hydrogens is 542 g/mol. The number of halogens is 6. The third kappa shape index (κ3) is 6.26. The maximum atomic E-state index is 13.7. The third-order valence-corrected chi connectivity index (χ3v) is 8.72. The number of rotatable bonds is 6. The Hall–Kier alpha value is -3.04. The Labute approximate surface area is 236 Å². The molecule has 1 saturated heterocycles. The normalized spacial score (nSPS) is 19.0. The average molecular weight is 577 g/mol. The standard InChI is InChI=1S/C32H34F6N2O/c1-30(28-9-5-6-10-29(28)41-2,20-22-17-25(31(33,34)35)19-26(18-22)32(36,37)38)40-15-12-27(13-16-40)39-14-11-23-7-3-4-8-24(23)21-39/h3-10,17-19,27H,11-16,20-21H2,1-2H3. The van der Waals surface area contributed by atoms with E-state index in [0.717, 1.165) is 50.0 Å². The van der Waals surface area contributed by atoms with Crippen LogP contribution in [0.1, 0.15) is 53.1 Å². The largest absolute Gasteiger partial charge is 0.496 e. The number of piperidine rings is 1. The number of benzene rings is 3. The van der Waals surface area contributed by atoms with Crippen LogP contribution in [-0.4, -0.2) is 42.6 Å². The van der Waals surface area contributed by atoms with Gasteiger partial charge in [-0.2, -0.15) is 26.3 Å². The van der Waals surface area contributed by atoms with Gasteiger partial charge in [-0.25, -0.2) is 0 Å². The summed E-state index contributed by atoms with van der Waals surface area (Å²) in [5, 5.41) is 0. The quantitative estimate of drug-likeness (QED) is 0.280. The molecule has 0 N–H and O–H groups in total. The van der Waals surface area contributed by atoms with E-state index in [0.29, 0.717) is 24.9 Å². The van der Waals surface area contributed by atoms with Crippen LogP contribution in [0.25, 0.3) is 0 Å². The lowest BCUT2D eigenvalue weighted by Gasteiger charge is -2.48. The van der Waals surface area contributed by atoms with E-state index in [1.807, 2.05) is 19.1 Å². The fourth-order valence-electron chi connectivity index (χ4n) is 6.54. The molecule has 2 aliphatic heterocycles. The molecule has 1 unspecified atom stereocenters. The summed E-state index contributed by atoms with van der Waals surface area (Å²) >= 11 is 0. The van der Waals surface area contributed by atoms with Crippen molar-refractivity contribution in [3.63, 3.8) is 0 Å². The monoisotopic (exact) mass is 576 g/mol. The number of ether oxygens (including phenoxy) is 1. The Morgan fingerprint density at radius 1 is 0.780 bits per heavy atom. The molecule has 3 aromatic carbocycles. The summed E-state index contributed by atoms with van der Waals surface area (Å²) in [6.45, 7) is 5.06. The molecule has 0 saturated carbocycles. The summed E-state index contributed by atoms with van der Waals surface area (Å²) in [5.74, 6) is 0.549. The number of likely N-dealkylation sites (tertiary alicyclic amines) is 1. The zero-order valence-electron chi connectivity index (χ0n) is 23.2. The molecule has 5 rings (SSSR count). The highest BCUT2D eigenvalue weighted by Gasteiger charge is 2.42. The lowest BCUT2D eigenvalue weighted by atomic mass is 9.81. The van der Waals surface area contributed by atoms with Crippen molar-refractivity contribution in [1.29, 1.82) is 0 Å². The number of para-hydroxylation sites is 1. The van der Waals surface area contributed by atoms with Crippen LogP contribution in [0.2, 0.25) is 0 Å². The first-order chi connectivity index (χ1) is 19.4. The van der Waals surface area contributed by atoms with E-state index >= 15 is 0 Å². The van der Waals surface area contributed by atoms with Crippen molar-refractivity contribution in [2.24, 2.45) is 0 Å². The van der Waals surface area contributed by atoms with E-state index in [1.54, 1.807) is 12.1 Å². The van der Waals surface area contributed by atoms with E-state index in [9.17, 15) is 26.3 Å². The SMILES string of the molecule is COc1ccccc1C(C)(Cc1cc(C(F)(F)F)cc(C(F)(F)F)c1)N1CCC(N2CCc3ccccc3C2)CC1. The molecule has 2 aliphatic rings. The van der Waals surface area contributed by atoms with Crippen LogP contribution in [0.5, 0.6) is 5.75 Å². The highest BCUT2D eigenvalue weighted by molar-refractivity contribution is 5.42. The molecule has 0 spiro atoms. The maximum absolute atomic E-state index is 13.7. The molecule has 0 bridgehead atoms. The first kappa shape index (κ1) is 29.5. The van der Waals surface area contributed by atoms with Crippen molar-refractivity contribution in [3.8, 4) is 5.75 Å². The molecule has 41 heavy (non-hydrogen) atoms. The van der Waals surface area contributed by atoms with Crippen LogP contribution >= 0.6 is 0 Å². The van der Waals surface area contributed by atoms with Crippen molar-refractivity contribution in [1.82, 2.24) is 9.80 Å². The van der Waals surface area contributed by atoms with Crippen LogP contribution in [0.15, 0.2) is 66.7 Å². The highest BCUT2D eigenvalue weighted by atomic mass is 19.4. The summed E-state index contributed by atoms with van der Waals surface area (Å²) in [6, 6.07) is 17.9. The lowest BCUT2D eigenvalue weighted by Crippen LogP contribution is -2.53. The van der Waals surface area contributed by atoms with Crippen molar-refractivity contribution in [3.05, 3.63) is 100 Å². The highest BCUT2D eigenvalue weighted by Crippen LogP contribution is 2.42. The molecule has 1 atom stereocenters. The van der Waals surface area contributed by atoms with E-state index < -0.39 is 29.0 Å². The van der Waals surface area contributed by atoms with Gasteiger partial charge >= 0.3 is 12.4 Å². The number of alkyl halides is 6. The lowest BCUT2D eigenvalue weighted by molar-refractivity contribution is -0.143. The summed E-state index contributed by atoms with van der Waals surface area (Å²) in [4.78, 5) is 4.70. The fourth-order valence-corrected chi connectivity index (χ4v) is 6.54. The van der Waals surface area contributed by atoms with E-state index in [2.05, 4.69) is 34.1 Å². The molecule has 1 fully saturated rings. The first-order valence-corrected chi connectivity index (χ1v) is 13.9. The summed E-state index contributed by atoms with van der Waals surface area (Å²) in [5.41, 5.74) is -0.0647. The predicted octanol–water partition coefficient (Wildman–Crippen LogP) is 7.71. The van der Waals surface area contributed by atoms with Gasteiger partial charge in [0, 0.05) is 37.8 Å². The van der Waals surface area contributed by atoms with Crippen molar-refractivity contribution >= 4 is 0 Å². The summed E-state index contributed by atoms with van der Waals surface area (Å²) < 4.78 is 87.7. The molecular formula is C32H34F6N2O. The van der Waals surface area contributed by atoms with Gasteiger partial charge in [-0.05, 0) is 73.6 Å². The Morgan fingerprint density at radius 3 is 1.98 bits per heavy atom. The maximum Gasteiger partial charge on any atom is 0.416 e. The second kappa shape index (κ2) is 11.3. The van der Waals surface area contributed by atoms with E-state index in [1.165, 1.54) is 18.2 Å². The van der Waals surface area contributed by atoms with Gasteiger partial charge in [-0.1, -0.05) is 42.5 Å². The number of fused-ring (bicyclic) bond motifs is 1. The number of nitrogens with zero attached hydrogens (tertiary/aromatic N) is 2. The zero-order valence-corrected chi connectivity index (χ0v) is 23.2. The molecule has 2 heterocycles. The Bertz CT molecular complexity index is 1330. The molecule has 9 heteroatoms. The topological polar surface area (TPSA) is 15.7 Å². The second-order valence-corrected chi connectivity index (χ2v) is 11.3. The van der Waals surface area contributed by atoms with Gasteiger partial charge in [0.25, 0.3) is 0 Å². The van der Waals surface area contributed by atoms with Crippen LogP contribution in [0, 0.1) is 0 Å². The van der Waals surface area contributed by atoms with Crippen molar-refractivity contribution in [2.75, 3.05) is 26.7 Å². The van der Waals surface area contributed by atoms with Gasteiger partial charge < -0.3 is 4.74 Å². The van der Waals surface area contributed by atoms with Crippen LogP contribution in [0.3, 0.4) is 0 Å². The predicted molar refractivity (Wildman–Crippen MR) is 146 cm³/mol. The molecule has 3 nitrogen and oxygen atoms in total. The van der Waals surface area contributed by atoms with Gasteiger partial charge in [-0.3, -0.25) is 9.80 Å². The van der Waals surface area contributed by atoms with Crippen molar-refractivity contribution in [2.45, 2.75) is 63.1 Å². The fraction of sp³-hybridized carbons (Fsp3) is 0.438. The Balaban J connectivity index is 1.45. The van der Waals surface area contributed by atoms with Gasteiger partial charge in [0.15, 0.2) is 0 Å². The van der Waals surface area contributed by atoms with E-state index in [-0.39, 0.29) is 18.1 Å². The second-order valence-electron chi connectivity index (χ2n) is 11.3. The average Bonchev–Trinajstić information content (AvgIpc) is 2.96. The van der Waals surface area contributed by atoms with E-state index in [4.69, 9.17) is 4.74 Å². The minimum atomic E-state index is -4.90. The molecule has 0 aromatic heterocycles. The molecule has 0 aliphatic carbocycles. The first-order valence-electron chi connectivity index (χ1n) is 13.9. The minimum absolute atomic E-state index is 0.0182. The van der Waals surface area contributed by atoms with Gasteiger partial charge in [0.2, 0.25) is 0 Å². The van der Waals surface area contributed by atoms with Crippen molar-refractivity contribution < 1.29 is 31.1 Å².